The van der Waals surface area contributed by atoms with Gasteiger partial charge in [0.2, 0.25) is 0 Å². The first kappa shape index (κ1) is 11.0. The van der Waals surface area contributed by atoms with Crippen molar-refractivity contribution < 1.29 is 4.74 Å². The molecule has 0 spiro atoms. The van der Waals surface area contributed by atoms with E-state index in [1.54, 1.807) is 11.3 Å². The van der Waals surface area contributed by atoms with Gasteiger partial charge in [0.1, 0.15) is 5.01 Å². The van der Waals surface area contributed by atoms with Crippen molar-refractivity contribution in [1.29, 1.82) is 0 Å². The molecule has 1 fully saturated rings. The fourth-order valence-corrected chi connectivity index (χ4v) is 2.58. The summed E-state index contributed by atoms with van der Waals surface area (Å²) in [5.41, 5.74) is 1.12. The van der Waals surface area contributed by atoms with Crippen LogP contribution in [-0.2, 0) is 11.3 Å². The predicted octanol–water partition coefficient (Wildman–Crippen LogP) is 1.97. The molecule has 1 aromatic heterocycles. The van der Waals surface area contributed by atoms with Crippen molar-refractivity contribution in [2.75, 3.05) is 19.8 Å². The Morgan fingerprint density at radius 1 is 1.67 bits per heavy atom. The summed E-state index contributed by atoms with van der Waals surface area (Å²) in [6.45, 7) is 5.86. The topological polar surface area (TPSA) is 34.1 Å². The van der Waals surface area contributed by atoms with Crippen LogP contribution in [0.5, 0.6) is 0 Å². The number of hydrogen-bond donors (Lipinski definition) is 1. The molecule has 1 unspecified atom stereocenters. The highest BCUT2D eigenvalue weighted by Crippen LogP contribution is 2.13. The van der Waals surface area contributed by atoms with Gasteiger partial charge >= 0.3 is 0 Å². The number of ether oxygens (including phenoxy) is 1. The third-order valence-electron chi connectivity index (χ3n) is 2.63. The molecular weight excluding hydrogens is 208 g/mol. The quantitative estimate of drug-likeness (QED) is 0.852. The van der Waals surface area contributed by atoms with Gasteiger partial charge in [0.25, 0.3) is 0 Å². The first-order valence-electron chi connectivity index (χ1n) is 5.54. The number of thiazole rings is 1. The van der Waals surface area contributed by atoms with E-state index in [4.69, 9.17) is 4.74 Å². The fourth-order valence-electron chi connectivity index (χ4n) is 1.84. The molecule has 1 aliphatic heterocycles. The highest BCUT2D eigenvalue weighted by molar-refractivity contribution is 7.09. The zero-order valence-electron chi connectivity index (χ0n) is 9.16. The summed E-state index contributed by atoms with van der Waals surface area (Å²) in [5, 5.41) is 6.74. The minimum Gasteiger partial charge on any atom is -0.381 e. The third kappa shape index (κ3) is 3.55. The molecule has 0 saturated carbocycles. The second-order valence-corrected chi connectivity index (χ2v) is 5.04. The van der Waals surface area contributed by atoms with Crippen LogP contribution in [0.15, 0.2) is 5.38 Å². The maximum Gasteiger partial charge on any atom is 0.107 e. The summed E-state index contributed by atoms with van der Waals surface area (Å²) >= 11 is 1.73. The zero-order valence-corrected chi connectivity index (χ0v) is 9.98. The van der Waals surface area contributed by atoms with Crippen molar-refractivity contribution in [1.82, 2.24) is 10.3 Å². The smallest absolute Gasteiger partial charge is 0.107 e. The summed E-state index contributed by atoms with van der Waals surface area (Å²) < 4.78 is 5.44. The van der Waals surface area contributed by atoms with E-state index in [9.17, 15) is 0 Å². The van der Waals surface area contributed by atoms with Crippen LogP contribution < -0.4 is 5.32 Å². The van der Waals surface area contributed by atoms with E-state index in [1.807, 2.05) is 6.92 Å². The summed E-state index contributed by atoms with van der Waals surface area (Å²) in [6, 6.07) is 0. The van der Waals surface area contributed by atoms with Crippen LogP contribution in [0.3, 0.4) is 0 Å². The van der Waals surface area contributed by atoms with Gasteiger partial charge in [0.15, 0.2) is 0 Å². The molecule has 4 heteroatoms. The van der Waals surface area contributed by atoms with E-state index in [0.29, 0.717) is 5.92 Å². The molecule has 0 aromatic carbocycles. The molecule has 0 radical (unpaired) electrons. The number of nitrogens with one attached hydrogen (secondary N) is 1. The maximum atomic E-state index is 5.44. The second-order valence-electron chi connectivity index (χ2n) is 4.10. The predicted molar refractivity (Wildman–Crippen MR) is 62.1 cm³/mol. The Morgan fingerprint density at radius 3 is 3.27 bits per heavy atom. The van der Waals surface area contributed by atoms with Crippen molar-refractivity contribution in [3.05, 3.63) is 16.1 Å². The summed E-state index contributed by atoms with van der Waals surface area (Å²) in [7, 11) is 0. The number of nitrogens with zero attached hydrogens (tertiary/aromatic N) is 1. The van der Waals surface area contributed by atoms with E-state index in [2.05, 4.69) is 15.7 Å². The van der Waals surface area contributed by atoms with Crippen molar-refractivity contribution in [3.8, 4) is 0 Å². The lowest BCUT2D eigenvalue weighted by Crippen LogP contribution is -2.28. The van der Waals surface area contributed by atoms with Crippen molar-refractivity contribution in [2.45, 2.75) is 26.3 Å². The van der Waals surface area contributed by atoms with Gasteiger partial charge in [-0.05, 0) is 25.7 Å². The van der Waals surface area contributed by atoms with Gasteiger partial charge in [-0.25, -0.2) is 4.98 Å². The third-order valence-corrected chi connectivity index (χ3v) is 3.60. The van der Waals surface area contributed by atoms with Gasteiger partial charge in [-0.1, -0.05) is 0 Å². The van der Waals surface area contributed by atoms with Crippen LogP contribution in [0, 0.1) is 12.8 Å². The van der Waals surface area contributed by atoms with Crippen LogP contribution in [0.2, 0.25) is 0 Å². The molecule has 1 aliphatic rings. The van der Waals surface area contributed by atoms with Crippen LogP contribution >= 0.6 is 11.3 Å². The first-order valence-corrected chi connectivity index (χ1v) is 6.42. The Balaban J connectivity index is 1.65. The SMILES string of the molecule is Cc1csc(CNCC2CCCOC2)n1. The van der Waals surface area contributed by atoms with Crippen molar-refractivity contribution in [2.24, 2.45) is 5.92 Å². The Kier molecular flexibility index (Phi) is 4.11. The average Bonchev–Trinajstić information content (AvgIpc) is 2.66. The highest BCUT2D eigenvalue weighted by Gasteiger charge is 2.13. The molecule has 2 heterocycles. The Hall–Kier alpha value is -0.450. The van der Waals surface area contributed by atoms with Crippen LogP contribution in [0.1, 0.15) is 23.5 Å². The zero-order chi connectivity index (χ0) is 10.5. The Labute approximate surface area is 94.9 Å². The largest absolute Gasteiger partial charge is 0.381 e. The average molecular weight is 226 g/mol. The van der Waals surface area contributed by atoms with Crippen LogP contribution in [-0.4, -0.2) is 24.7 Å². The normalized spacial score (nSPS) is 21.8. The van der Waals surface area contributed by atoms with Crippen LogP contribution in [0.4, 0.5) is 0 Å². The van der Waals surface area contributed by atoms with Gasteiger partial charge < -0.3 is 10.1 Å². The minimum atomic E-state index is 0.694. The van der Waals surface area contributed by atoms with Gasteiger partial charge in [-0.3, -0.25) is 0 Å². The van der Waals surface area contributed by atoms with Gasteiger partial charge in [0, 0.05) is 30.8 Å². The van der Waals surface area contributed by atoms with Gasteiger partial charge in [-0.15, -0.1) is 11.3 Å². The van der Waals surface area contributed by atoms with E-state index < -0.39 is 0 Å². The lowest BCUT2D eigenvalue weighted by molar-refractivity contribution is 0.0547. The lowest BCUT2D eigenvalue weighted by atomic mass is 10.0. The molecule has 15 heavy (non-hydrogen) atoms. The number of aryl methyl sites for hydroxylation is 1. The van der Waals surface area contributed by atoms with Crippen molar-refractivity contribution >= 4 is 11.3 Å². The molecule has 0 bridgehead atoms. The molecule has 3 nitrogen and oxygen atoms in total. The first-order chi connectivity index (χ1) is 7.34. The lowest BCUT2D eigenvalue weighted by Gasteiger charge is -2.21. The molecule has 1 atom stereocenters. The summed E-state index contributed by atoms with van der Waals surface area (Å²) in [4.78, 5) is 4.42. The maximum absolute atomic E-state index is 5.44. The molecule has 1 aromatic rings. The Morgan fingerprint density at radius 2 is 2.60 bits per heavy atom. The molecule has 0 amide bonds. The number of hydrogen-bond acceptors (Lipinski definition) is 4. The molecule has 1 N–H and O–H groups in total. The van der Waals surface area contributed by atoms with E-state index >= 15 is 0 Å². The molecule has 1 saturated heterocycles. The van der Waals surface area contributed by atoms with E-state index in [1.165, 1.54) is 17.8 Å². The molecule has 84 valence electrons. The molecule has 0 aliphatic carbocycles. The van der Waals surface area contributed by atoms with Crippen LogP contribution in [0.25, 0.3) is 0 Å². The Bertz CT molecular complexity index is 295. The fraction of sp³-hybridized carbons (Fsp3) is 0.727. The monoisotopic (exact) mass is 226 g/mol. The molecule has 2 rings (SSSR count). The highest BCUT2D eigenvalue weighted by atomic mass is 32.1. The van der Waals surface area contributed by atoms with Gasteiger partial charge in [-0.2, -0.15) is 0 Å². The standard InChI is InChI=1S/C11H18N2OS/c1-9-8-15-11(13-9)6-12-5-10-3-2-4-14-7-10/h8,10,12H,2-7H2,1H3. The number of rotatable bonds is 4. The summed E-state index contributed by atoms with van der Waals surface area (Å²) in [6.07, 6.45) is 2.51. The molecular formula is C11H18N2OS. The van der Waals surface area contributed by atoms with E-state index in [0.717, 1.165) is 32.0 Å². The van der Waals surface area contributed by atoms with Crippen molar-refractivity contribution in [3.63, 3.8) is 0 Å². The second kappa shape index (κ2) is 5.58. The van der Waals surface area contributed by atoms with E-state index in [-0.39, 0.29) is 0 Å². The minimum absolute atomic E-state index is 0.694. The van der Waals surface area contributed by atoms with Gasteiger partial charge in [0.05, 0.1) is 6.61 Å². The summed E-state index contributed by atoms with van der Waals surface area (Å²) in [5.74, 6) is 0.694. The number of aromatic nitrogens is 1.